The van der Waals surface area contributed by atoms with Crippen LogP contribution in [0.25, 0.3) is 0 Å². The number of amides is 2. The first-order valence-corrected chi connectivity index (χ1v) is 8.99. The van der Waals surface area contributed by atoms with Crippen LogP contribution >= 0.6 is 0 Å². The predicted octanol–water partition coefficient (Wildman–Crippen LogP) is 2.83. The highest BCUT2D eigenvalue weighted by Crippen LogP contribution is 2.38. The second-order valence-electron chi connectivity index (χ2n) is 8.10. The maximum atomic E-state index is 12.1. The topological polar surface area (TPSA) is 71.5 Å². The smallest absolute Gasteiger partial charge is 0.410 e. The summed E-state index contributed by atoms with van der Waals surface area (Å²) in [6.45, 7) is 7.26. The number of nitrogens with zero attached hydrogens (tertiary/aromatic N) is 2. The van der Waals surface area contributed by atoms with Crippen molar-refractivity contribution in [1.29, 1.82) is 0 Å². The number of ether oxygens (including phenoxy) is 1. The van der Waals surface area contributed by atoms with E-state index in [-0.39, 0.29) is 17.9 Å². The molecule has 25 heavy (non-hydrogen) atoms. The third-order valence-corrected chi connectivity index (χ3v) is 4.41. The second kappa shape index (κ2) is 7.02. The van der Waals surface area contributed by atoms with Crippen molar-refractivity contribution >= 4 is 12.0 Å². The molecule has 0 radical (unpaired) electrons. The zero-order valence-electron chi connectivity index (χ0n) is 15.2. The van der Waals surface area contributed by atoms with E-state index in [0.717, 1.165) is 11.3 Å². The predicted molar refractivity (Wildman–Crippen MR) is 94.0 cm³/mol. The minimum atomic E-state index is -0.483. The highest BCUT2D eigenvalue weighted by molar-refractivity contribution is 5.77. The Morgan fingerprint density at radius 2 is 2.04 bits per heavy atom. The van der Waals surface area contributed by atoms with Crippen molar-refractivity contribution in [2.45, 2.75) is 58.1 Å². The van der Waals surface area contributed by atoms with E-state index in [1.165, 1.54) is 12.8 Å². The Morgan fingerprint density at radius 3 is 2.68 bits per heavy atom. The van der Waals surface area contributed by atoms with Gasteiger partial charge in [0.05, 0.1) is 0 Å². The summed E-state index contributed by atoms with van der Waals surface area (Å²) in [6.07, 6.45) is 4.41. The number of nitrogens with one attached hydrogen (secondary N) is 1. The van der Waals surface area contributed by atoms with E-state index in [9.17, 15) is 9.59 Å². The van der Waals surface area contributed by atoms with Gasteiger partial charge in [0, 0.05) is 49.8 Å². The Morgan fingerprint density at radius 1 is 1.32 bits per heavy atom. The highest BCUT2D eigenvalue weighted by Gasteiger charge is 2.34. The summed E-state index contributed by atoms with van der Waals surface area (Å²) in [7, 11) is 0. The van der Waals surface area contributed by atoms with Crippen LogP contribution in [-0.2, 0) is 16.1 Å². The van der Waals surface area contributed by atoms with Gasteiger partial charge in [0.2, 0.25) is 5.91 Å². The van der Waals surface area contributed by atoms with Gasteiger partial charge in [0.25, 0.3) is 0 Å². The molecule has 0 bridgehead atoms. The monoisotopic (exact) mass is 345 g/mol. The van der Waals surface area contributed by atoms with Crippen molar-refractivity contribution in [3.63, 3.8) is 0 Å². The first-order chi connectivity index (χ1) is 11.8. The summed E-state index contributed by atoms with van der Waals surface area (Å²) < 4.78 is 5.32. The number of pyridine rings is 1. The van der Waals surface area contributed by atoms with Crippen LogP contribution < -0.4 is 5.32 Å². The summed E-state index contributed by atoms with van der Waals surface area (Å²) in [5.74, 6) is 0.857. The molecule has 3 rings (SSSR count). The van der Waals surface area contributed by atoms with Crippen molar-refractivity contribution in [2.24, 2.45) is 5.92 Å². The molecule has 2 aliphatic rings. The number of likely N-dealkylation sites (tertiary alicyclic amines) is 1. The SMILES string of the molecule is CC(C)(C)OC(=O)N1CC(CC(=O)NCc2ccnc(C3CC3)c2)C1. The second-order valence-corrected chi connectivity index (χ2v) is 8.10. The molecule has 6 nitrogen and oxygen atoms in total. The van der Waals surface area contributed by atoms with Gasteiger partial charge in [-0.3, -0.25) is 9.78 Å². The fourth-order valence-corrected chi connectivity index (χ4v) is 2.92. The number of hydrogen-bond donors (Lipinski definition) is 1. The maximum Gasteiger partial charge on any atom is 0.410 e. The van der Waals surface area contributed by atoms with Gasteiger partial charge in [-0.1, -0.05) is 0 Å². The Labute approximate surface area is 148 Å². The van der Waals surface area contributed by atoms with Crippen molar-refractivity contribution in [3.8, 4) is 0 Å². The lowest BCUT2D eigenvalue weighted by atomic mass is 9.96. The lowest BCUT2D eigenvalue weighted by Gasteiger charge is -2.39. The molecule has 1 aromatic rings. The van der Waals surface area contributed by atoms with Crippen molar-refractivity contribution in [1.82, 2.24) is 15.2 Å². The summed E-state index contributed by atoms with van der Waals surface area (Å²) in [5, 5.41) is 2.97. The van der Waals surface area contributed by atoms with Gasteiger partial charge < -0.3 is 15.0 Å². The van der Waals surface area contributed by atoms with Crippen LogP contribution in [0.5, 0.6) is 0 Å². The van der Waals surface area contributed by atoms with Crippen molar-refractivity contribution in [3.05, 3.63) is 29.6 Å². The Hall–Kier alpha value is -2.11. The number of hydrogen-bond acceptors (Lipinski definition) is 4. The number of aromatic nitrogens is 1. The number of carbonyl (C=O) groups excluding carboxylic acids is 2. The molecule has 1 aromatic heterocycles. The van der Waals surface area contributed by atoms with Crippen LogP contribution in [0.4, 0.5) is 4.79 Å². The first kappa shape index (κ1) is 17.7. The molecule has 1 aliphatic carbocycles. The molecular weight excluding hydrogens is 318 g/mol. The van der Waals surface area contributed by atoms with Gasteiger partial charge in [-0.25, -0.2) is 4.79 Å². The molecule has 0 unspecified atom stereocenters. The quantitative estimate of drug-likeness (QED) is 0.891. The molecule has 2 amide bonds. The molecular formula is C19H27N3O3. The summed E-state index contributed by atoms with van der Waals surface area (Å²) in [5.41, 5.74) is 1.75. The average molecular weight is 345 g/mol. The molecule has 1 saturated heterocycles. The molecule has 1 aliphatic heterocycles. The normalized spacial score (nSPS) is 17.8. The van der Waals surface area contributed by atoms with Crippen LogP contribution in [0.1, 0.15) is 57.2 Å². The molecule has 136 valence electrons. The van der Waals surface area contributed by atoms with E-state index in [4.69, 9.17) is 4.74 Å². The Balaban J connectivity index is 1.36. The largest absolute Gasteiger partial charge is 0.444 e. The Kier molecular flexibility index (Phi) is 4.97. The zero-order valence-corrected chi connectivity index (χ0v) is 15.2. The van der Waals surface area contributed by atoms with Crippen LogP contribution in [-0.4, -0.2) is 40.6 Å². The number of rotatable bonds is 5. The van der Waals surface area contributed by atoms with Crippen LogP contribution in [0.2, 0.25) is 0 Å². The fourth-order valence-electron chi connectivity index (χ4n) is 2.92. The average Bonchev–Trinajstić information content (AvgIpc) is 3.31. The zero-order chi connectivity index (χ0) is 18.0. The van der Waals surface area contributed by atoms with Gasteiger partial charge in [0.1, 0.15) is 5.60 Å². The molecule has 0 spiro atoms. The third kappa shape index (κ3) is 5.18. The van der Waals surface area contributed by atoms with Gasteiger partial charge in [-0.2, -0.15) is 0 Å². The van der Waals surface area contributed by atoms with Gasteiger partial charge in [0.15, 0.2) is 0 Å². The lowest BCUT2D eigenvalue weighted by Crippen LogP contribution is -2.52. The van der Waals surface area contributed by atoms with E-state index in [0.29, 0.717) is 32.0 Å². The third-order valence-electron chi connectivity index (χ3n) is 4.41. The molecule has 1 saturated carbocycles. The number of carbonyl (C=O) groups is 2. The highest BCUT2D eigenvalue weighted by atomic mass is 16.6. The van der Waals surface area contributed by atoms with Crippen LogP contribution in [0, 0.1) is 5.92 Å². The van der Waals surface area contributed by atoms with Crippen molar-refractivity contribution < 1.29 is 14.3 Å². The molecule has 0 atom stereocenters. The lowest BCUT2D eigenvalue weighted by molar-refractivity contribution is -0.123. The molecule has 2 heterocycles. The Bertz CT molecular complexity index is 644. The van der Waals surface area contributed by atoms with Crippen LogP contribution in [0.3, 0.4) is 0 Å². The van der Waals surface area contributed by atoms with Gasteiger partial charge in [-0.15, -0.1) is 0 Å². The van der Waals surface area contributed by atoms with Crippen LogP contribution in [0.15, 0.2) is 18.3 Å². The van der Waals surface area contributed by atoms with E-state index in [2.05, 4.69) is 16.4 Å². The summed E-state index contributed by atoms with van der Waals surface area (Å²) in [6, 6.07) is 4.03. The maximum absolute atomic E-state index is 12.1. The van der Waals surface area contributed by atoms with Crippen molar-refractivity contribution in [2.75, 3.05) is 13.1 Å². The molecule has 6 heteroatoms. The molecule has 1 N–H and O–H groups in total. The minimum absolute atomic E-state index is 0.0265. The van der Waals surface area contributed by atoms with E-state index >= 15 is 0 Å². The standard InChI is InChI=1S/C19H27N3O3/c1-19(2,3)25-18(24)22-11-14(12-22)9-17(23)21-10-13-6-7-20-16(8-13)15-4-5-15/h6-8,14-15H,4-5,9-12H2,1-3H3,(H,21,23). The van der Waals surface area contributed by atoms with Gasteiger partial charge in [-0.05, 0) is 51.3 Å². The minimum Gasteiger partial charge on any atom is -0.444 e. The van der Waals surface area contributed by atoms with E-state index in [1.807, 2.05) is 33.0 Å². The summed E-state index contributed by atoms with van der Waals surface area (Å²) >= 11 is 0. The van der Waals surface area contributed by atoms with E-state index in [1.54, 1.807) is 4.90 Å². The molecule has 2 fully saturated rings. The van der Waals surface area contributed by atoms with Gasteiger partial charge >= 0.3 is 6.09 Å². The van der Waals surface area contributed by atoms with E-state index < -0.39 is 5.60 Å². The molecule has 0 aromatic carbocycles. The first-order valence-electron chi connectivity index (χ1n) is 8.99. The fraction of sp³-hybridized carbons (Fsp3) is 0.632. The summed E-state index contributed by atoms with van der Waals surface area (Å²) in [4.78, 5) is 30.0.